The number of rotatable bonds is 5. The number of fused-ring (bicyclic) bond motifs is 6. The topological polar surface area (TPSA) is 16.4 Å². The van der Waals surface area contributed by atoms with Crippen LogP contribution in [0.5, 0.6) is 0 Å². The van der Waals surface area contributed by atoms with Crippen LogP contribution in [0, 0.1) is 0 Å². The Morgan fingerprint density at radius 2 is 1.02 bits per heavy atom. The molecule has 1 aromatic heterocycles. The molecule has 0 atom stereocenters. The average Bonchev–Trinajstić information content (AvgIpc) is 3.52. The second-order valence-corrected chi connectivity index (χ2v) is 11.7. The Labute approximate surface area is 267 Å². The molecule has 2 nitrogen and oxygen atoms in total. The Hall–Kier alpha value is -6.12. The maximum absolute atomic E-state index is 6.47. The van der Waals surface area contributed by atoms with E-state index in [-0.39, 0.29) is 0 Å². The SMILES string of the molecule is c1ccc(-c2cccc(N(c3ccc(-c4cccc5ccccc45)cc3)c3cccc4c3ccc3c5ccccc5oc43)c2)cc1. The lowest BCUT2D eigenvalue weighted by Crippen LogP contribution is -2.10. The van der Waals surface area contributed by atoms with Gasteiger partial charge in [-0.05, 0) is 75.5 Å². The normalized spacial score (nSPS) is 11.5. The third-order valence-electron chi connectivity index (χ3n) is 9.06. The molecule has 0 saturated heterocycles. The summed E-state index contributed by atoms with van der Waals surface area (Å²) in [6, 6.07) is 62.7. The van der Waals surface area contributed by atoms with Crippen molar-refractivity contribution in [2.75, 3.05) is 4.90 Å². The number of nitrogens with zero attached hydrogens (tertiary/aromatic N) is 1. The molecule has 9 aromatic rings. The maximum atomic E-state index is 6.47. The molecule has 1 heterocycles. The molecule has 0 radical (unpaired) electrons. The summed E-state index contributed by atoms with van der Waals surface area (Å²) in [5.74, 6) is 0. The minimum absolute atomic E-state index is 0.909. The van der Waals surface area contributed by atoms with Crippen LogP contribution in [0.3, 0.4) is 0 Å². The molecule has 0 bridgehead atoms. The number of para-hydroxylation sites is 1. The van der Waals surface area contributed by atoms with Gasteiger partial charge in [0, 0.05) is 32.9 Å². The first-order chi connectivity index (χ1) is 22.8. The molecular weight excluding hydrogens is 558 g/mol. The van der Waals surface area contributed by atoms with Gasteiger partial charge in [-0.3, -0.25) is 0 Å². The Morgan fingerprint density at radius 1 is 0.370 bits per heavy atom. The standard InChI is InChI=1S/C44H29NO/c1-2-11-30(12-3-1)33-15-8-16-35(29-33)45(34-25-23-32(24-26-34)37-19-9-14-31-13-4-5-17-36(31)37)42-21-10-20-40-38(42)27-28-41-39-18-6-7-22-43(39)46-44(40)41/h1-29H. The highest BCUT2D eigenvalue weighted by molar-refractivity contribution is 6.17. The van der Waals surface area contributed by atoms with Gasteiger partial charge in [-0.25, -0.2) is 0 Å². The van der Waals surface area contributed by atoms with E-state index in [4.69, 9.17) is 4.42 Å². The van der Waals surface area contributed by atoms with Gasteiger partial charge in [0.1, 0.15) is 11.2 Å². The lowest BCUT2D eigenvalue weighted by atomic mass is 9.97. The fraction of sp³-hybridized carbons (Fsp3) is 0. The first kappa shape index (κ1) is 26.3. The molecule has 216 valence electrons. The molecule has 2 heteroatoms. The van der Waals surface area contributed by atoms with E-state index in [9.17, 15) is 0 Å². The van der Waals surface area contributed by atoms with Gasteiger partial charge in [0.2, 0.25) is 0 Å². The molecule has 0 aliphatic rings. The first-order valence-corrected chi connectivity index (χ1v) is 15.7. The van der Waals surface area contributed by atoms with E-state index in [1.54, 1.807) is 0 Å². The van der Waals surface area contributed by atoms with Crippen LogP contribution in [0.15, 0.2) is 180 Å². The number of hydrogen-bond donors (Lipinski definition) is 0. The number of anilines is 3. The van der Waals surface area contributed by atoms with Crippen LogP contribution in [0.4, 0.5) is 17.1 Å². The third-order valence-corrected chi connectivity index (χ3v) is 9.06. The molecule has 0 N–H and O–H groups in total. The second-order valence-electron chi connectivity index (χ2n) is 11.7. The van der Waals surface area contributed by atoms with Crippen molar-refractivity contribution in [2.24, 2.45) is 0 Å². The number of hydrogen-bond acceptors (Lipinski definition) is 2. The Kier molecular flexibility index (Phi) is 6.17. The van der Waals surface area contributed by atoms with Gasteiger partial charge in [0.05, 0.1) is 5.69 Å². The van der Waals surface area contributed by atoms with Crippen LogP contribution in [0.1, 0.15) is 0 Å². The molecule has 0 aliphatic heterocycles. The third kappa shape index (κ3) is 4.35. The Bertz CT molecular complexity index is 2520. The summed E-state index contributed by atoms with van der Waals surface area (Å²) in [6.07, 6.45) is 0. The molecule has 46 heavy (non-hydrogen) atoms. The van der Waals surface area contributed by atoms with Crippen LogP contribution in [-0.4, -0.2) is 0 Å². The van der Waals surface area contributed by atoms with Crippen molar-refractivity contribution in [3.8, 4) is 22.3 Å². The molecular formula is C44H29NO. The van der Waals surface area contributed by atoms with Crippen molar-refractivity contribution < 1.29 is 4.42 Å². The zero-order valence-corrected chi connectivity index (χ0v) is 25.1. The average molecular weight is 588 g/mol. The predicted octanol–water partition coefficient (Wildman–Crippen LogP) is 12.7. The second kappa shape index (κ2) is 10.8. The van der Waals surface area contributed by atoms with E-state index >= 15 is 0 Å². The fourth-order valence-corrected chi connectivity index (χ4v) is 6.87. The van der Waals surface area contributed by atoms with Crippen LogP contribution in [0.2, 0.25) is 0 Å². The smallest absolute Gasteiger partial charge is 0.143 e. The van der Waals surface area contributed by atoms with Crippen molar-refractivity contribution in [3.05, 3.63) is 176 Å². The van der Waals surface area contributed by atoms with Crippen LogP contribution >= 0.6 is 0 Å². The van der Waals surface area contributed by atoms with Crippen LogP contribution in [-0.2, 0) is 0 Å². The molecule has 0 spiro atoms. The van der Waals surface area contributed by atoms with Crippen LogP contribution in [0.25, 0.3) is 65.7 Å². The minimum Gasteiger partial charge on any atom is -0.455 e. The highest BCUT2D eigenvalue weighted by atomic mass is 16.3. The minimum atomic E-state index is 0.909. The summed E-state index contributed by atoms with van der Waals surface area (Å²) < 4.78 is 6.47. The molecule has 0 aliphatic carbocycles. The van der Waals surface area contributed by atoms with Gasteiger partial charge < -0.3 is 9.32 Å². The van der Waals surface area contributed by atoms with E-state index in [1.807, 2.05) is 12.1 Å². The predicted molar refractivity (Wildman–Crippen MR) is 194 cm³/mol. The maximum Gasteiger partial charge on any atom is 0.143 e. The Balaban J connectivity index is 1.24. The highest BCUT2D eigenvalue weighted by Gasteiger charge is 2.19. The Morgan fingerprint density at radius 3 is 1.91 bits per heavy atom. The molecule has 9 rings (SSSR count). The first-order valence-electron chi connectivity index (χ1n) is 15.7. The van der Waals surface area contributed by atoms with E-state index in [2.05, 4.69) is 169 Å². The zero-order chi connectivity index (χ0) is 30.5. The fourth-order valence-electron chi connectivity index (χ4n) is 6.87. The number of benzene rings is 8. The van der Waals surface area contributed by atoms with Gasteiger partial charge in [-0.2, -0.15) is 0 Å². The van der Waals surface area contributed by atoms with Crippen molar-refractivity contribution in [2.45, 2.75) is 0 Å². The molecule has 0 amide bonds. The van der Waals surface area contributed by atoms with E-state index in [1.165, 1.54) is 33.0 Å². The van der Waals surface area contributed by atoms with Gasteiger partial charge in [0.25, 0.3) is 0 Å². The van der Waals surface area contributed by atoms with Gasteiger partial charge >= 0.3 is 0 Å². The van der Waals surface area contributed by atoms with Crippen molar-refractivity contribution in [3.63, 3.8) is 0 Å². The molecule has 0 fully saturated rings. The van der Waals surface area contributed by atoms with E-state index in [0.717, 1.165) is 49.8 Å². The van der Waals surface area contributed by atoms with Crippen molar-refractivity contribution in [1.82, 2.24) is 0 Å². The lowest BCUT2D eigenvalue weighted by Gasteiger charge is -2.27. The van der Waals surface area contributed by atoms with Crippen LogP contribution < -0.4 is 4.90 Å². The summed E-state index contributed by atoms with van der Waals surface area (Å²) in [4.78, 5) is 2.37. The zero-order valence-electron chi connectivity index (χ0n) is 25.1. The van der Waals surface area contributed by atoms with Gasteiger partial charge in [-0.15, -0.1) is 0 Å². The summed E-state index contributed by atoms with van der Waals surface area (Å²) in [5.41, 5.74) is 9.91. The molecule has 8 aromatic carbocycles. The van der Waals surface area contributed by atoms with Gasteiger partial charge in [0.15, 0.2) is 0 Å². The highest BCUT2D eigenvalue weighted by Crippen LogP contribution is 2.43. The molecule has 0 saturated carbocycles. The summed E-state index contributed by atoms with van der Waals surface area (Å²) in [6.45, 7) is 0. The summed E-state index contributed by atoms with van der Waals surface area (Å²) in [7, 11) is 0. The van der Waals surface area contributed by atoms with E-state index in [0.29, 0.717) is 0 Å². The number of furan rings is 1. The largest absolute Gasteiger partial charge is 0.455 e. The molecule has 0 unspecified atom stereocenters. The summed E-state index contributed by atoms with van der Waals surface area (Å²) in [5, 5.41) is 7.02. The van der Waals surface area contributed by atoms with E-state index < -0.39 is 0 Å². The quantitative estimate of drug-likeness (QED) is 0.199. The van der Waals surface area contributed by atoms with Gasteiger partial charge in [-0.1, -0.05) is 133 Å². The summed E-state index contributed by atoms with van der Waals surface area (Å²) >= 11 is 0. The lowest BCUT2D eigenvalue weighted by molar-refractivity contribution is 0.672. The monoisotopic (exact) mass is 587 g/mol. The van der Waals surface area contributed by atoms with Crippen molar-refractivity contribution >= 4 is 60.5 Å². The van der Waals surface area contributed by atoms with Crippen molar-refractivity contribution in [1.29, 1.82) is 0 Å².